The van der Waals surface area contributed by atoms with Gasteiger partial charge in [0.15, 0.2) is 0 Å². The Bertz CT molecular complexity index is 1100. The van der Waals surface area contributed by atoms with Crippen LogP contribution in [0.2, 0.25) is 0 Å². The fourth-order valence-electron chi connectivity index (χ4n) is 4.43. The van der Waals surface area contributed by atoms with Gasteiger partial charge >= 0.3 is 0 Å². The van der Waals surface area contributed by atoms with Crippen LogP contribution in [0.3, 0.4) is 0 Å². The highest BCUT2D eigenvalue weighted by Crippen LogP contribution is 2.35. The zero-order valence-electron chi connectivity index (χ0n) is 17.7. The van der Waals surface area contributed by atoms with E-state index in [1.54, 1.807) is 20.3 Å². The zero-order chi connectivity index (χ0) is 22.2. The summed E-state index contributed by atoms with van der Waals surface area (Å²) < 4.78 is 24.3. The van der Waals surface area contributed by atoms with Crippen LogP contribution in [0.4, 0.5) is 10.3 Å². The first-order valence-corrected chi connectivity index (χ1v) is 10.2. The van der Waals surface area contributed by atoms with Crippen molar-refractivity contribution >= 4 is 11.9 Å². The Labute approximate surface area is 183 Å². The Kier molecular flexibility index (Phi) is 5.08. The van der Waals surface area contributed by atoms with E-state index >= 15 is 0 Å². The average Bonchev–Trinajstić information content (AvgIpc) is 3.54. The lowest BCUT2D eigenvalue weighted by atomic mass is 10.0. The van der Waals surface area contributed by atoms with Gasteiger partial charge in [-0.1, -0.05) is 0 Å². The molecule has 0 aliphatic carbocycles. The van der Waals surface area contributed by atoms with Crippen LogP contribution in [0.15, 0.2) is 36.7 Å². The van der Waals surface area contributed by atoms with E-state index in [-0.39, 0.29) is 17.7 Å². The van der Waals surface area contributed by atoms with Gasteiger partial charge < -0.3 is 19.3 Å². The molecular formula is C21H22FN7O3. The second-order valence-corrected chi connectivity index (χ2v) is 7.87. The average molecular weight is 439 g/mol. The molecule has 10 nitrogen and oxygen atoms in total. The summed E-state index contributed by atoms with van der Waals surface area (Å²) in [5, 5.41) is 8.11. The van der Waals surface area contributed by atoms with Gasteiger partial charge in [-0.3, -0.25) is 4.79 Å². The monoisotopic (exact) mass is 439 g/mol. The molecule has 32 heavy (non-hydrogen) atoms. The number of benzene rings is 1. The molecule has 1 aromatic carbocycles. The lowest BCUT2D eigenvalue weighted by molar-refractivity contribution is 0.0782. The van der Waals surface area contributed by atoms with E-state index in [9.17, 15) is 9.18 Å². The highest BCUT2D eigenvalue weighted by molar-refractivity contribution is 5.98. The molecular weight excluding hydrogens is 417 g/mol. The first-order valence-electron chi connectivity index (χ1n) is 10.2. The molecule has 2 unspecified atom stereocenters. The summed E-state index contributed by atoms with van der Waals surface area (Å²) in [7, 11) is 3.10. The molecule has 4 heterocycles. The molecule has 0 bridgehead atoms. The summed E-state index contributed by atoms with van der Waals surface area (Å²) in [6.07, 6.45) is 2.98. The fraction of sp³-hybridized carbons (Fsp3) is 0.381. The number of nitrogens with zero attached hydrogens (tertiary/aromatic N) is 7. The maximum atomic E-state index is 13.9. The van der Waals surface area contributed by atoms with Crippen LogP contribution in [-0.4, -0.2) is 76.2 Å². The number of carbonyl (C=O) groups is 1. The lowest BCUT2D eigenvalue weighted by Gasteiger charge is -2.23. The first kappa shape index (κ1) is 20.2. The van der Waals surface area contributed by atoms with Gasteiger partial charge in [0.1, 0.15) is 11.5 Å². The van der Waals surface area contributed by atoms with Crippen LogP contribution in [-0.2, 0) is 0 Å². The summed E-state index contributed by atoms with van der Waals surface area (Å²) in [5.74, 6) is 1.40. The molecule has 166 valence electrons. The topological polar surface area (TPSA) is 98.5 Å². The third-order valence-corrected chi connectivity index (χ3v) is 5.97. The quantitative estimate of drug-likeness (QED) is 0.589. The first-order chi connectivity index (χ1) is 15.6. The number of fused-ring (bicyclic) bond motifs is 1. The minimum Gasteiger partial charge on any atom is -0.481 e. The van der Waals surface area contributed by atoms with Crippen molar-refractivity contribution in [1.82, 2.24) is 29.9 Å². The van der Waals surface area contributed by atoms with Gasteiger partial charge in [-0.05, 0) is 12.1 Å². The molecule has 0 N–H and O–H groups in total. The van der Waals surface area contributed by atoms with Crippen molar-refractivity contribution in [1.29, 1.82) is 0 Å². The number of anilines is 1. The van der Waals surface area contributed by atoms with Gasteiger partial charge in [-0.2, -0.15) is 25.0 Å². The number of amides is 1. The SMILES string of the molecule is COc1cc(OC)nc(N2CC3CN(C(=O)c4ccc(F)cc4-n4nccn4)CC3C2)n1. The van der Waals surface area contributed by atoms with Gasteiger partial charge in [0.2, 0.25) is 17.7 Å². The molecule has 2 fully saturated rings. The molecule has 11 heteroatoms. The predicted octanol–water partition coefficient (Wildman–Crippen LogP) is 1.42. The van der Waals surface area contributed by atoms with Crippen LogP contribution in [0.1, 0.15) is 10.4 Å². The normalized spacial score (nSPS) is 19.8. The summed E-state index contributed by atoms with van der Waals surface area (Å²) in [4.78, 5) is 27.3. The summed E-state index contributed by atoms with van der Waals surface area (Å²) in [5.41, 5.74) is 0.704. The number of likely N-dealkylation sites (tertiary alicyclic amines) is 1. The standard InChI is InChI=1S/C21H22FN7O3/c1-31-18-8-19(32-2)26-21(25-18)28-11-13-9-27(10-14(13)12-28)20(30)16-4-3-15(22)7-17(16)29-23-5-6-24-29/h3-8,13-14H,9-12H2,1-2H3. The predicted molar refractivity (Wildman–Crippen MR) is 112 cm³/mol. The van der Waals surface area contributed by atoms with E-state index in [0.29, 0.717) is 42.0 Å². The van der Waals surface area contributed by atoms with Crippen molar-refractivity contribution in [3.05, 3.63) is 48.0 Å². The third-order valence-electron chi connectivity index (χ3n) is 5.97. The second kappa shape index (κ2) is 8.06. The minimum atomic E-state index is -0.448. The van der Waals surface area contributed by atoms with Gasteiger partial charge in [0.05, 0.1) is 38.2 Å². The van der Waals surface area contributed by atoms with E-state index in [4.69, 9.17) is 9.47 Å². The number of aromatic nitrogens is 5. The smallest absolute Gasteiger partial charge is 0.256 e. The number of ether oxygens (including phenoxy) is 2. The van der Waals surface area contributed by atoms with Crippen molar-refractivity contribution in [3.63, 3.8) is 0 Å². The van der Waals surface area contributed by atoms with Crippen LogP contribution in [0.25, 0.3) is 5.69 Å². The zero-order valence-corrected chi connectivity index (χ0v) is 17.7. The summed E-state index contributed by atoms with van der Waals surface area (Å²) in [6.45, 7) is 2.65. The highest BCUT2D eigenvalue weighted by Gasteiger charge is 2.43. The van der Waals surface area contributed by atoms with Gasteiger partial charge in [0.25, 0.3) is 5.91 Å². The molecule has 2 atom stereocenters. The molecule has 0 saturated carbocycles. The molecule has 3 aromatic rings. The molecule has 2 aliphatic rings. The molecule has 2 aromatic heterocycles. The number of carbonyl (C=O) groups excluding carboxylic acids is 1. The number of hydrogen-bond donors (Lipinski definition) is 0. The number of rotatable bonds is 5. The Balaban J connectivity index is 1.32. The van der Waals surface area contributed by atoms with Crippen molar-refractivity contribution in [2.24, 2.45) is 11.8 Å². The van der Waals surface area contributed by atoms with E-state index in [1.807, 2.05) is 4.90 Å². The molecule has 5 rings (SSSR count). The molecule has 2 aliphatic heterocycles. The number of methoxy groups -OCH3 is 2. The minimum absolute atomic E-state index is 0.155. The van der Waals surface area contributed by atoms with Crippen molar-refractivity contribution in [2.75, 3.05) is 45.3 Å². The van der Waals surface area contributed by atoms with Gasteiger partial charge in [0, 0.05) is 44.1 Å². The summed E-state index contributed by atoms with van der Waals surface area (Å²) in [6, 6.07) is 5.69. The second-order valence-electron chi connectivity index (χ2n) is 7.87. The maximum absolute atomic E-state index is 13.9. The van der Waals surface area contributed by atoms with E-state index in [1.165, 1.54) is 35.4 Å². The van der Waals surface area contributed by atoms with Crippen LogP contribution < -0.4 is 14.4 Å². The molecule has 2 saturated heterocycles. The van der Waals surface area contributed by atoms with E-state index in [0.717, 1.165) is 13.1 Å². The Morgan fingerprint density at radius 3 is 2.19 bits per heavy atom. The van der Waals surface area contributed by atoms with E-state index < -0.39 is 5.82 Å². The number of hydrogen-bond acceptors (Lipinski definition) is 8. The maximum Gasteiger partial charge on any atom is 0.256 e. The fourth-order valence-corrected chi connectivity index (χ4v) is 4.43. The number of halogens is 1. The largest absolute Gasteiger partial charge is 0.481 e. The highest BCUT2D eigenvalue weighted by atomic mass is 19.1. The van der Waals surface area contributed by atoms with Crippen molar-refractivity contribution in [2.45, 2.75) is 0 Å². The van der Waals surface area contributed by atoms with Crippen LogP contribution in [0.5, 0.6) is 11.8 Å². The van der Waals surface area contributed by atoms with E-state index in [2.05, 4.69) is 25.1 Å². The van der Waals surface area contributed by atoms with Crippen LogP contribution in [0, 0.1) is 17.7 Å². The van der Waals surface area contributed by atoms with Gasteiger partial charge in [-0.25, -0.2) is 4.39 Å². The molecule has 1 amide bonds. The van der Waals surface area contributed by atoms with Gasteiger partial charge in [-0.15, -0.1) is 0 Å². The third kappa shape index (κ3) is 3.59. The van der Waals surface area contributed by atoms with Crippen LogP contribution >= 0.6 is 0 Å². The lowest BCUT2D eigenvalue weighted by Crippen LogP contribution is -2.34. The van der Waals surface area contributed by atoms with Crippen molar-refractivity contribution in [3.8, 4) is 17.4 Å². The molecule has 0 radical (unpaired) electrons. The Hall–Kier alpha value is -3.76. The Morgan fingerprint density at radius 1 is 0.969 bits per heavy atom. The Morgan fingerprint density at radius 2 is 1.59 bits per heavy atom. The molecule has 0 spiro atoms. The van der Waals surface area contributed by atoms with Crippen molar-refractivity contribution < 1.29 is 18.7 Å². The summed E-state index contributed by atoms with van der Waals surface area (Å²) >= 11 is 0.